The van der Waals surface area contributed by atoms with Gasteiger partial charge in [-0.1, -0.05) is 36.4 Å². The van der Waals surface area contributed by atoms with Gasteiger partial charge in [0.05, 0.1) is 11.4 Å². The van der Waals surface area contributed by atoms with E-state index >= 15 is 0 Å². The van der Waals surface area contributed by atoms with Crippen molar-refractivity contribution in [1.82, 2.24) is 0 Å². The molecule has 0 saturated carbocycles. The van der Waals surface area contributed by atoms with Crippen LogP contribution in [-0.4, -0.2) is 10.9 Å². The molecule has 0 bridgehead atoms. The smallest absolute Gasteiger partial charge is 0.193 e. The van der Waals surface area contributed by atoms with E-state index in [1.807, 2.05) is 42.5 Å². The predicted octanol–water partition coefficient (Wildman–Crippen LogP) is 6.19. The first-order valence-corrected chi connectivity index (χ1v) is 8.53. The second kappa shape index (κ2) is 7.22. The van der Waals surface area contributed by atoms with Gasteiger partial charge in [0.2, 0.25) is 0 Å². The Balaban J connectivity index is 1.53. The van der Waals surface area contributed by atoms with Crippen LogP contribution in [0.25, 0.3) is 10.8 Å². The zero-order chi connectivity index (χ0) is 18.6. The Hall–Kier alpha value is -3.79. The largest absolute Gasteiger partial charge is 0.508 e. The van der Waals surface area contributed by atoms with E-state index in [9.17, 15) is 9.90 Å². The summed E-state index contributed by atoms with van der Waals surface area (Å²) in [7, 11) is 0. The van der Waals surface area contributed by atoms with Crippen molar-refractivity contribution in [3.8, 4) is 5.75 Å². The van der Waals surface area contributed by atoms with Crippen molar-refractivity contribution >= 4 is 27.9 Å². The summed E-state index contributed by atoms with van der Waals surface area (Å²) in [4.78, 5) is 12.7. The highest BCUT2D eigenvalue weighted by molar-refractivity contribution is 6.10. The third-order valence-corrected chi connectivity index (χ3v) is 4.27. The van der Waals surface area contributed by atoms with Gasteiger partial charge in [-0.3, -0.25) is 4.79 Å². The van der Waals surface area contributed by atoms with Crippen molar-refractivity contribution in [1.29, 1.82) is 0 Å². The molecule has 0 amide bonds. The van der Waals surface area contributed by atoms with Crippen LogP contribution in [0.1, 0.15) is 15.9 Å². The summed E-state index contributed by atoms with van der Waals surface area (Å²) in [6.07, 6.45) is 0. The topological polar surface area (TPSA) is 62.0 Å². The minimum atomic E-state index is -0.0252. The highest BCUT2D eigenvalue weighted by Crippen LogP contribution is 2.22. The van der Waals surface area contributed by atoms with Crippen LogP contribution in [0.4, 0.5) is 11.4 Å². The number of aromatic hydroxyl groups is 1. The number of benzene rings is 4. The van der Waals surface area contributed by atoms with E-state index in [4.69, 9.17) is 0 Å². The van der Waals surface area contributed by atoms with Gasteiger partial charge < -0.3 is 5.11 Å². The molecule has 27 heavy (non-hydrogen) atoms. The van der Waals surface area contributed by atoms with Crippen LogP contribution in [0, 0.1) is 0 Å². The van der Waals surface area contributed by atoms with Gasteiger partial charge in [-0.15, -0.1) is 0 Å². The molecule has 0 fully saturated rings. The van der Waals surface area contributed by atoms with Crippen LogP contribution in [0.3, 0.4) is 0 Å². The first-order chi connectivity index (χ1) is 13.2. The number of fused-ring (bicyclic) bond motifs is 1. The molecule has 0 heterocycles. The molecule has 4 rings (SSSR count). The number of ketones is 1. The van der Waals surface area contributed by atoms with Crippen molar-refractivity contribution in [2.24, 2.45) is 10.2 Å². The van der Waals surface area contributed by atoms with Gasteiger partial charge in [-0.05, 0) is 65.4 Å². The highest BCUT2D eigenvalue weighted by Gasteiger charge is 2.09. The van der Waals surface area contributed by atoms with E-state index < -0.39 is 0 Å². The Morgan fingerprint density at radius 1 is 0.630 bits per heavy atom. The lowest BCUT2D eigenvalue weighted by Crippen LogP contribution is -2.00. The first-order valence-electron chi connectivity index (χ1n) is 8.53. The summed E-state index contributed by atoms with van der Waals surface area (Å²) in [6.45, 7) is 0. The van der Waals surface area contributed by atoms with E-state index in [0.29, 0.717) is 22.5 Å². The lowest BCUT2D eigenvalue weighted by Gasteiger charge is -2.04. The summed E-state index contributed by atoms with van der Waals surface area (Å²) in [5, 5.41) is 19.7. The molecule has 0 radical (unpaired) electrons. The number of rotatable bonds is 4. The molecule has 4 heteroatoms. The highest BCUT2D eigenvalue weighted by atomic mass is 16.3. The Morgan fingerprint density at radius 2 is 1.19 bits per heavy atom. The fourth-order valence-electron chi connectivity index (χ4n) is 2.81. The lowest BCUT2D eigenvalue weighted by molar-refractivity contribution is 0.103. The normalized spacial score (nSPS) is 11.1. The number of azo groups is 1. The maximum absolute atomic E-state index is 12.7. The third kappa shape index (κ3) is 3.75. The standard InChI is InChI=1S/C23H16N2O2/c26-22-13-11-21(12-14-22)25-24-20-9-7-17(8-10-20)23(27)19-6-5-16-3-1-2-4-18(16)15-19/h1-15,26H/b25-24+. The van der Waals surface area contributed by atoms with Crippen molar-refractivity contribution in [2.45, 2.75) is 0 Å². The molecule has 0 unspecified atom stereocenters. The summed E-state index contributed by atoms with van der Waals surface area (Å²) >= 11 is 0. The predicted molar refractivity (Wildman–Crippen MR) is 106 cm³/mol. The lowest BCUT2D eigenvalue weighted by atomic mass is 10.00. The Morgan fingerprint density at radius 3 is 1.85 bits per heavy atom. The average molecular weight is 352 g/mol. The molecule has 4 aromatic carbocycles. The van der Waals surface area contributed by atoms with E-state index in [1.54, 1.807) is 48.5 Å². The fourth-order valence-corrected chi connectivity index (χ4v) is 2.81. The van der Waals surface area contributed by atoms with Gasteiger partial charge in [0, 0.05) is 11.1 Å². The summed E-state index contributed by atoms with van der Waals surface area (Å²) in [5.74, 6) is 0.160. The van der Waals surface area contributed by atoms with E-state index in [2.05, 4.69) is 10.2 Å². The number of phenols is 1. The van der Waals surface area contributed by atoms with E-state index in [1.165, 1.54) is 0 Å². The van der Waals surface area contributed by atoms with Crippen molar-refractivity contribution in [3.63, 3.8) is 0 Å². The molecule has 0 aliphatic heterocycles. The summed E-state index contributed by atoms with van der Waals surface area (Å²) < 4.78 is 0. The number of hydrogen-bond acceptors (Lipinski definition) is 4. The molecule has 0 spiro atoms. The van der Waals surface area contributed by atoms with Crippen LogP contribution >= 0.6 is 0 Å². The maximum atomic E-state index is 12.7. The van der Waals surface area contributed by atoms with E-state index in [-0.39, 0.29) is 11.5 Å². The quantitative estimate of drug-likeness (QED) is 0.351. The van der Waals surface area contributed by atoms with Crippen molar-refractivity contribution in [2.75, 3.05) is 0 Å². The fraction of sp³-hybridized carbons (Fsp3) is 0. The molecule has 1 N–H and O–H groups in total. The number of hydrogen-bond donors (Lipinski definition) is 1. The van der Waals surface area contributed by atoms with E-state index in [0.717, 1.165) is 10.8 Å². The van der Waals surface area contributed by atoms with Crippen LogP contribution in [0.5, 0.6) is 5.75 Å². The number of carbonyl (C=O) groups excluding carboxylic acids is 1. The molecule has 4 aromatic rings. The Labute approximate surface area is 156 Å². The minimum Gasteiger partial charge on any atom is -0.508 e. The van der Waals surface area contributed by atoms with Crippen LogP contribution in [0.15, 0.2) is 101 Å². The average Bonchev–Trinajstić information content (AvgIpc) is 2.73. The molecule has 0 saturated heterocycles. The molecule has 4 nitrogen and oxygen atoms in total. The molecule has 130 valence electrons. The molecule has 0 atom stereocenters. The SMILES string of the molecule is O=C(c1ccc(/N=N/c2ccc(O)cc2)cc1)c1ccc2ccccc2c1. The van der Waals surface area contributed by atoms with Gasteiger partial charge in [-0.2, -0.15) is 10.2 Å². The molecule has 0 aromatic heterocycles. The summed E-state index contributed by atoms with van der Waals surface area (Å²) in [6, 6.07) is 27.2. The van der Waals surface area contributed by atoms with Crippen LogP contribution < -0.4 is 0 Å². The van der Waals surface area contributed by atoms with Gasteiger partial charge >= 0.3 is 0 Å². The molecule has 0 aliphatic carbocycles. The second-order valence-electron chi connectivity index (χ2n) is 6.15. The first kappa shape index (κ1) is 16.7. The zero-order valence-corrected chi connectivity index (χ0v) is 14.4. The maximum Gasteiger partial charge on any atom is 0.193 e. The Bertz CT molecular complexity index is 1130. The minimum absolute atomic E-state index is 0.0252. The van der Waals surface area contributed by atoms with Crippen molar-refractivity contribution < 1.29 is 9.90 Å². The number of phenolic OH excluding ortho intramolecular Hbond substituents is 1. The third-order valence-electron chi connectivity index (χ3n) is 4.27. The van der Waals surface area contributed by atoms with Gasteiger partial charge in [0.1, 0.15) is 5.75 Å². The molecular weight excluding hydrogens is 336 g/mol. The van der Waals surface area contributed by atoms with Gasteiger partial charge in [0.15, 0.2) is 5.78 Å². The molecule has 0 aliphatic rings. The van der Waals surface area contributed by atoms with Gasteiger partial charge in [-0.25, -0.2) is 0 Å². The van der Waals surface area contributed by atoms with Crippen LogP contribution in [-0.2, 0) is 0 Å². The summed E-state index contributed by atoms with van der Waals surface area (Å²) in [5.41, 5.74) is 2.56. The molecular formula is C23H16N2O2. The monoisotopic (exact) mass is 352 g/mol. The Kier molecular flexibility index (Phi) is 4.45. The number of nitrogens with zero attached hydrogens (tertiary/aromatic N) is 2. The van der Waals surface area contributed by atoms with Gasteiger partial charge in [0.25, 0.3) is 0 Å². The van der Waals surface area contributed by atoms with Crippen molar-refractivity contribution in [3.05, 3.63) is 102 Å². The zero-order valence-electron chi connectivity index (χ0n) is 14.4. The number of carbonyl (C=O) groups is 1. The second-order valence-corrected chi connectivity index (χ2v) is 6.15. The van der Waals surface area contributed by atoms with Crippen LogP contribution in [0.2, 0.25) is 0 Å².